The van der Waals surface area contributed by atoms with E-state index in [9.17, 15) is 8.78 Å². The lowest BCUT2D eigenvalue weighted by atomic mass is 10.3. The molecular weight excluding hydrogens is 252 g/mol. The van der Waals surface area contributed by atoms with Crippen LogP contribution in [-0.2, 0) is 13.1 Å². The first-order valence-corrected chi connectivity index (χ1v) is 5.33. The summed E-state index contributed by atoms with van der Waals surface area (Å²) in [5.74, 6) is 0. The van der Waals surface area contributed by atoms with E-state index in [1.165, 1.54) is 4.68 Å². The topological polar surface area (TPSA) is 50.1 Å². The number of unbranched alkanes of at least 4 members (excludes halogenated alkanes) is 1. The minimum Gasteiger partial charge on any atom is -0.396 e. The zero-order chi connectivity index (χ0) is 11.8. The molecule has 7 heteroatoms. The fraction of sp³-hybridized carbons (Fsp3) is 0.700. The van der Waals surface area contributed by atoms with Gasteiger partial charge in [0, 0.05) is 24.9 Å². The largest absolute Gasteiger partial charge is 0.396 e. The van der Waals surface area contributed by atoms with Crippen LogP contribution >= 0.6 is 12.4 Å². The van der Waals surface area contributed by atoms with Gasteiger partial charge in [0.15, 0.2) is 0 Å². The molecule has 0 saturated carbocycles. The minimum atomic E-state index is -2.37. The molecule has 1 aromatic rings. The third-order valence-corrected chi connectivity index (χ3v) is 2.10. The van der Waals surface area contributed by atoms with E-state index in [1.807, 2.05) is 0 Å². The zero-order valence-corrected chi connectivity index (χ0v) is 10.3. The number of hydrogen-bond acceptors (Lipinski definition) is 3. The van der Waals surface area contributed by atoms with Gasteiger partial charge in [-0.2, -0.15) is 5.10 Å². The van der Waals surface area contributed by atoms with E-state index < -0.39 is 6.43 Å². The Morgan fingerprint density at radius 1 is 1.41 bits per heavy atom. The average molecular weight is 270 g/mol. The number of hydrogen-bond donors (Lipinski definition) is 2. The standard InChI is InChI=1S/C10H17F2N3O.ClH/c11-10(12)8-15-7-9(6-14-15)5-13-3-1-2-4-16;/h6-7,10,13,16H,1-5,8H2;1H. The molecule has 0 spiro atoms. The van der Waals surface area contributed by atoms with Crippen LogP contribution < -0.4 is 5.32 Å². The van der Waals surface area contributed by atoms with Crippen LogP contribution in [0.4, 0.5) is 8.78 Å². The van der Waals surface area contributed by atoms with E-state index in [0.29, 0.717) is 6.54 Å². The van der Waals surface area contributed by atoms with Crippen LogP contribution in [-0.4, -0.2) is 34.5 Å². The Kier molecular flexibility index (Phi) is 8.93. The SMILES string of the molecule is Cl.OCCCCNCc1cnn(CC(F)F)c1. The molecule has 100 valence electrons. The van der Waals surface area contributed by atoms with E-state index in [1.54, 1.807) is 12.4 Å². The molecule has 0 aliphatic heterocycles. The van der Waals surface area contributed by atoms with Crippen molar-refractivity contribution in [2.24, 2.45) is 0 Å². The van der Waals surface area contributed by atoms with Crippen molar-refractivity contribution >= 4 is 12.4 Å². The molecule has 1 rings (SSSR count). The second-order valence-electron chi connectivity index (χ2n) is 3.57. The van der Waals surface area contributed by atoms with Crippen LogP contribution in [0.2, 0.25) is 0 Å². The first-order valence-electron chi connectivity index (χ1n) is 5.33. The highest BCUT2D eigenvalue weighted by molar-refractivity contribution is 5.85. The first kappa shape index (κ1) is 16.3. The predicted octanol–water partition coefficient (Wildman–Crippen LogP) is 1.43. The molecule has 4 nitrogen and oxygen atoms in total. The van der Waals surface area contributed by atoms with Gasteiger partial charge in [0.2, 0.25) is 0 Å². The van der Waals surface area contributed by atoms with Crippen molar-refractivity contribution in [2.45, 2.75) is 32.4 Å². The molecule has 0 amide bonds. The van der Waals surface area contributed by atoms with Gasteiger partial charge in [-0.05, 0) is 19.4 Å². The van der Waals surface area contributed by atoms with Gasteiger partial charge in [-0.25, -0.2) is 8.78 Å². The molecule has 0 radical (unpaired) electrons. The average Bonchev–Trinajstić information content (AvgIpc) is 2.64. The zero-order valence-electron chi connectivity index (χ0n) is 9.48. The van der Waals surface area contributed by atoms with E-state index in [2.05, 4.69) is 10.4 Å². The molecular formula is C10H18ClF2N3O. The second-order valence-corrected chi connectivity index (χ2v) is 3.57. The minimum absolute atomic E-state index is 0. The number of aliphatic hydroxyl groups excluding tert-OH is 1. The molecule has 1 aromatic heterocycles. The molecule has 0 aliphatic carbocycles. The third-order valence-electron chi connectivity index (χ3n) is 2.10. The Morgan fingerprint density at radius 3 is 2.82 bits per heavy atom. The summed E-state index contributed by atoms with van der Waals surface area (Å²) in [6.45, 7) is 1.27. The summed E-state index contributed by atoms with van der Waals surface area (Å²) < 4.78 is 25.3. The van der Waals surface area contributed by atoms with Crippen LogP contribution in [0.25, 0.3) is 0 Å². The summed E-state index contributed by atoms with van der Waals surface area (Å²) >= 11 is 0. The third kappa shape index (κ3) is 7.25. The summed E-state index contributed by atoms with van der Waals surface area (Å²) in [5.41, 5.74) is 0.893. The lowest BCUT2D eigenvalue weighted by Gasteiger charge is -2.01. The fourth-order valence-corrected chi connectivity index (χ4v) is 1.33. The summed E-state index contributed by atoms with van der Waals surface area (Å²) in [6, 6.07) is 0. The van der Waals surface area contributed by atoms with Crippen LogP contribution in [0.15, 0.2) is 12.4 Å². The highest BCUT2D eigenvalue weighted by atomic mass is 35.5. The molecule has 0 unspecified atom stereocenters. The second kappa shape index (κ2) is 9.32. The van der Waals surface area contributed by atoms with Crippen LogP contribution in [0.5, 0.6) is 0 Å². The number of halogens is 3. The number of aliphatic hydroxyl groups is 1. The number of aromatic nitrogens is 2. The monoisotopic (exact) mass is 269 g/mol. The Bertz CT molecular complexity index is 297. The highest BCUT2D eigenvalue weighted by Crippen LogP contribution is 2.01. The smallest absolute Gasteiger partial charge is 0.257 e. The highest BCUT2D eigenvalue weighted by Gasteiger charge is 2.05. The van der Waals surface area contributed by atoms with E-state index in [0.717, 1.165) is 24.9 Å². The van der Waals surface area contributed by atoms with Gasteiger partial charge in [-0.3, -0.25) is 4.68 Å². The lowest BCUT2D eigenvalue weighted by Crippen LogP contribution is -2.14. The van der Waals surface area contributed by atoms with Crippen molar-refractivity contribution in [1.82, 2.24) is 15.1 Å². The molecule has 2 N–H and O–H groups in total. The van der Waals surface area contributed by atoms with Gasteiger partial charge < -0.3 is 10.4 Å². The Morgan fingerprint density at radius 2 is 2.18 bits per heavy atom. The first-order chi connectivity index (χ1) is 7.72. The van der Waals surface area contributed by atoms with Gasteiger partial charge in [0.25, 0.3) is 6.43 Å². The van der Waals surface area contributed by atoms with Gasteiger partial charge in [-0.15, -0.1) is 12.4 Å². The van der Waals surface area contributed by atoms with Gasteiger partial charge >= 0.3 is 0 Å². The molecule has 0 saturated heterocycles. The molecule has 17 heavy (non-hydrogen) atoms. The van der Waals surface area contributed by atoms with Crippen molar-refractivity contribution in [2.75, 3.05) is 13.2 Å². The summed E-state index contributed by atoms with van der Waals surface area (Å²) in [4.78, 5) is 0. The lowest BCUT2D eigenvalue weighted by molar-refractivity contribution is 0.122. The van der Waals surface area contributed by atoms with E-state index >= 15 is 0 Å². The predicted molar refractivity (Wildman–Crippen MR) is 63.5 cm³/mol. The molecule has 0 aliphatic rings. The molecule has 1 heterocycles. The van der Waals surface area contributed by atoms with Crippen LogP contribution in [0.3, 0.4) is 0 Å². The number of nitrogens with one attached hydrogen (secondary N) is 1. The summed E-state index contributed by atoms with van der Waals surface area (Å²) in [5, 5.41) is 15.5. The number of rotatable bonds is 8. The normalized spacial score (nSPS) is 10.6. The molecule has 0 fully saturated rings. The Hall–Kier alpha value is -0.720. The molecule has 0 atom stereocenters. The maximum Gasteiger partial charge on any atom is 0.257 e. The Balaban J connectivity index is 0.00000256. The van der Waals surface area contributed by atoms with Crippen molar-refractivity contribution in [3.63, 3.8) is 0 Å². The van der Waals surface area contributed by atoms with Gasteiger partial charge in [0.05, 0.1) is 6.20 Å². The Labute approximate surface area is 105 Å². The van der Waals surface area contributed by atoms with Gasteiger partial charge in [0.1, 0.15) is 6.54 Å². The quantitative estimate of drug-likeness (QED) is 0.702. The van der Waals surface area contributed by atoms with E-state index in [-0.39, 0.29) is 25.6 Å². The maximum atomic E-state index is 12.0. The van der Waals surface area contributed by atoms with Crippen LogP contribution in [0.1, 0.15) is 18.4 Å². The van der Waals surface area contributed by atoms with Gasteiger partial charge in [-0.1, -0.05) is 0 Å². The van der Waals surface area contributed by atoms with Crippen LogP contribution in [0, 0.1) is 0 Å². The van der Waals surface area contributed by atoms with Crippen molar-refractivity contribution < 1.29 is 13.9 Å². The summed E-state index contributed by atoms with van der Waals surface area (Å²) in [6.07, 6.45) is 2.51. The van der Waals surface area contributed by atoms with Crippen molar-refractivity contribution in [3.8, 4) is 0 Å². The van der Waals surface area contributed by atoms with Crippen molar-refractivity contribution in [1.29, 1.82) is 0 Å². The molecule has 0 bridgehead atoms. The number of alkyl halides is 2. The van der Waals surface area contributed by atoms with Crippen molar-refractivity contribution in [3.05, 3.63) is 18.0 Å². The fourth-order valence-electron chi connectivity index (χ4n) is 1.33. The molecule has 0 aromatic carbocycles. The summed E-state index contributed by atoms with van der Waals surface area (Å²) in [7, 11) is 0. The maximum absolute atomic E-state index is 12.0. The van der Waals surface area contributed by atoms with E-state index in [4.69, 9.17) is 5.11 Å². The number of nitrogens with zero attached hydrogens (tertiary/aromatic N) is 2.